The minimum Gasteiger partial charge on any atom is -0.394 e. The second-order valence-electron chi connectivity index (χ2n) is 4.35. The molecule has 0 aromatic rings. The van der Waals surface area contributed by atoms with Gasteiger partial charge in [-0.15, -0.1) is 0 Å². The average Bonchev–Trinajstić information content (AvgIpc) is 2.27. The molecule has 18 heavy (non-hydrogen) atoms. The maximum absolute atomic E-state index is 11.6. The minimum absolute atomic E-state index is 0.0341. The van der Waals surface area contributed by atoms with Gasteiger partial charge >= 0.3 is 6.03 Å². The third kappa shape index (κ3) is 4.99. The first-order valence-corrected chi connectivity index (χ1v) is 6.11. The number of rotatable bonds is 4. The van der Waals surface area contributed by atoms with Crippen molar-refractivity contribution in [2.75, 3.05) is 32.8 Å². The van der Waals surface area contributed by atoms with Crippen LogP contribution >= 0.6 is 0 Å². The van der Waals surface area contributed by atoms with E-state index >= 15 is 0 Å². The van der Waals surface area contributed by atoms with Crippen molar-refractivity contribution in [3.8, 4) is 0 Å². The third-order valence-electron chi connectivity index (χ3n) is 2.56. The SMILES string of the molecule is CCNC(=O)NC(=O)CN1CC(C)OC(CO)C1. The molecule has 0 spiro atoms. The standard InChI is InChI=1S/C11H21N3O4/c1-3-12-11(17)13-10(16)6-14-4-8(2)18-9(5-14)7-15/h8-9,15H,3-7H2,1-2H3,(H2,12,13,16,17). The molecule has 7 heteroatoms. The Bertz CT molecular complexity index is 298. The lowest BCUT2D eigenvalue weighted by Crippen LogP contribution is -2.52. The summed E-state index contributed by atoms with van der Waals surface area (Å²) in [5.74, 6) is -0.355. The fourth-order valence-electron chi connectivity index (χ4n) is 1.94. The molecule has 1 saturated heterocycles. The van der Waals surface area contributed by atoms with Gasteiger partial charge in [-0.2, -0.15) is 0 Å². The number of carbonyl (C=O) groups excluding carboxylic acids is 2. The molecule has 0 bridgehead atoms. The first-order chi connectivity index (χ1) is 8.55. The smallest absolute Gasteiger partial charge is 0.321 e. The molecule has 0 aromatic heterocycles. The van der Waals surface area contributed by atoms with Gasteiger partial charge < -0.3 is 15.2 Å². The highest BCUT2D eigenvalue weighted by Gasteiger charge is 2.26. The van der Waals surface area contributed by atoms with Gasteiger partial charge in [0.2, 0.25) is 5.91 Å². The van der Waals surface area contributed by atoms with Crippen LogP contribution in [-0.2, 0) is 9.53 Å². The molecule has 104 valence electrons. The van der Waals surface area contributed by atoms with Gasteiger partial charge in [0.1, 0.15) is 0 Å². The third-order valence-corrected chi connectivity index (χ3v) is 2.56. The molecule has 0 radical (unpaired) electrons. The Morgan fingerprint density at radius 3 is 2.78 bits per heavy atom. The Morgan fingerprint density at radius 2 is 2.17 bits per heavy atom. The van der Waals surface area contributed by atoms with E-state index in [9.17, 15) is 9.59 Å². The summed E-state index contributed by atoms with van der Waals surface area (Å²) in [6.07, 6.45) is -0.306. The summed E-state index contributed by atoms with van der Waals surface area (Å²) in [5, 5.41) is 13.8. The van der Waals surface area contributed by atoms with E-state index in [1.54, 1.807) is 6.92 Å². The molecule has 3 N–H and O–H groups in total. The Balaban J connectivity index is 2.36. The van der Waals surface area contributed by atoms with Crippen molar-refractivity contribution in [2.24, 2.45) is 0 Å². The number of hydrogen-bond donors (Lipinski definition) is 3. The van der Waals surface area contributed by atoms with Crippen molar-refractivity contribution >= 4 is 11.9 Å². The van der Waals surface area contributed by atoms with Gasteiger partial charge in [0.05, 0.1) is 25.4 Å². The van der Waals surface area contributed by atoms with E-state index in [2.05, 4.69) is 10.6 Å². The average molecular weight is 259 g/mol. The number of aliphatic hydroxyl groups is 1. The van der Waals surface area contributed by atoms with Gasteiger partial charge in [-0.1, -0.05) is 0 Å². The van der Waals surface area contributed by atoms with Gasteiger partial charge in [-0.25, -0.2) is 4.79 Å². The quantitative estimate of drug-likeness (QED) is 0.597. The van der Waals surface area contributed by atoms with Gasteiger partial charge in [-0.05, 0) is 13.8 Å². The number of imide groups is 1. The zero-order chi connectivity index (χ0) is 13.5. The van der Waals surface area contributed by atoms with Gasteiger partial charge in [0.25, 0.3) is 0 Å². The number of nitrogens with zero attached hydrogens (tertiary/aromatic N) is 1. The van der Waals surface area contributed by atoms with Gasteiger partial charge in [0.15, 0.2) is 0 Å². The topological polar surface area (TPSA) is 90.9 Å². The zero-order valence-electron chi connectivity index (χ0n) is 10.8. The summed E-state index contributed by atoms with van der Waals surface area (Å²) in [4.78, 5) is 24.6. The highest BCUT2D eigenvalue weighted by molar-refractivity contribution is 5.95. The molecule has 0 aliphatic carbocycles. The number of aliphatic hydroxyl groups excluding tert-OH is 1. The number of urea groups is 1. The van der Waals surface area contributed by atoms with Crippen LogP contribution in [0, 0.1) is 0 Å². The van der Waals surface area contributed by atoms with E-state index in [-0.39, 0.29) is 31.3 Å². The van der Waals surface area contributed by atoms with E-state index < -0.39 is 6.03 Å². The van der Waals surface area contributed by atoms with Gasteiger partial charge in [-0.3, -0.25) is 15.0 Å². The molecule has 1 aliphatic heterocycles. The van der Waals surface area contributed by atoms with Crippen LogP contribution in [0.25, 0.3) is 0 Å². The molecule has 0 saturated carbocycles. The van der Waals surface area contributed by atoms with Crippen molar-refractivity contribution in [3.63, 3.8) is 0 Å². The minimum atomic E-state index is -0.484. The number of morpholine rings is 1. The van der Waals surface area contributed by atoms with Crippen LogP contribution < -0.4 is 10.6 Å². The van der Waals surface area contributed by atoms with E-state index in [0.717, 1.165) is 0 Å². The maximum atomic E-state index is 11.6. The molecule has 1 fully saturated rings. The first-order valence-electron chi connectivity index (χ1n) is 6.11. The Labute approximate surface area is 106 Å². The van der Waals surface area contributed by atoms with E-state index in [1.807, 2.05) is 11.8 Å². The molecule has 2 unspecified atom stereocenters. The number of nitrogens with one attached hydrogen (secondary N) is 2. The first kappa shape index (κ1) is 14.9. The summed E-state index contributed by atoms with van der Waals surface area (Å²) in [6, 6.07) is -0.484. The fourth-order valence-corrected chi connectivity index (χ4v) is 1.94. The van der Waals surface area contributed by atoms with Crippen molar-refractivity contribution in [2.45, 2.75) is 26.1 Å². The molecular formula is C11H21N3O4. The summed E-state index contributed by atoms with van der Waals surface area (Å²) in [7, 11) is 0. The molecule has 1 heterocycles. The summed E-state index contributed by atoms with van der Waals surface area (Å²) in [6.45, 7) is 5.29. The molecule has 3 amide bonds. The van der Waals surface area contributed by atoms with Crippen molar-refractivity contribution in [1.82, 2.24) is 15.5 Å². The van der Waals surface area contributed by atoms with Crippen LogP contribution in [0.5, 0.6) is 0 Å². The highest BCUT2D eigenvalue weighted by atomic mass is 16.5. The number of hydrogen-bond acceptors (Lipinski definition) is 5. The molecule has 1 rings (SSSR count). The number of ether oxygens (including phenoxy) is 1. The zero-order valence-corrected chi connectivity index (χ0v) is 10.8. The second-order valence-corrected chi connectivity index (χ2v) is 4.35. The van der Waals surface area contributed by atoms with Crippen LogP contribution in [-0.4, -0.2) is 66.9 Å². The molecule has 1 aliphatic rings. The van der Waals surface area contributed by atoms with Crippen molar-refractivity contribution in [3.05, 3.63) is 0 Å². The lowest BCUT2D eigenvalue weighted by molar-refractivity contribution is -0.127. The van der Waals surface area contributed by atoms with Crippen LogP contribution in [0.4, 0.5) is 4.79 Å². The largest absolute Gasteiger partial charge is 0.394 e. The van der Waals surface area contributed by atoms with Crippen LogP contribution in [0.15, 0.2) is 0 Å². The summed E-state index contributed by atoms with van der Waals surface area (Å²) in [5.41, 5.74) is 0. The van der Waals surface area contributed by atoms with E-state index in [1.165, 1.54) is 0 Å². The Hall–Kier alpha value is -1.18. The molecule has 7 nitrogen and oxygen atoms in total. The predicted molar refractivity (Wildman–Crippen MR) is 65.1 cm³/mol. The maximum Gasteiger partial charge on any atom is 0.321 e. The lowest BCUT2D eigenvalue weighted by Gasteiger charge is -2.35. The fraction of sp³-hybridized carbons (Fsp3) is 0.818. The monoisotopic (exact) mass is 259 g/mol. The van der Waals surface area contributed by atoms with Crippen molar-refractivity contribution in [1.29, 1.82) is 0 Å². The summed E-state index contributed by atoms with van der Waals surface area (Å²) >= 11 is 0. The van der Waals surface area contributed by atoms with Crippen LogP contribution in [0.3, 0.4) is 0 Å². The molecular weight excluding hydrogens is 238 g/mol. The number of amides is 3. The van der Waals surface area contributed by atoms with Crippen LogP contribution in [0.2, 0.25) is 0 Å². The normalized spacial score (nSPS) is 24.6. The lowest BCUT2D eigenvalue weighted by atomic mass is 10.2. The van der Waals surface area contributed by atoms with Crippen LogP contribution in [0.1, 0.15) is 13.8 Å². The predicted octanol–water partition coefficient (Wildman–Crippen LogP) is -1.09. The molecule has 0 aromatic carbocycles. The van der Waals surface area contributed by atoms with Gasteiger partial charge in [0, 0.05) is 19.6 Å². The van der Waals surface area contributed by atoms with Crippen molar-refractivity contribution < 1.29 is 19.4 Å². The Kier molecular flexibility index (Phi) is 6.03. The number of carbonyl (C=O) groups is 2. The second kappa shape index (κ2) is 7.30. The Morgan fingerprint density at radius 1 is 1.44 bits per heavy atom. The molecule has 2 atom stereocenters. The van der Waals surface area contributed by atoms with E-state index in [4.69, 9.17) is 9.84 Å². The summed E-state index contributed by atoms with van der Waals surface area (Å²) < 4.78 is 5.46. The highest BCUT2D eigenvalue weighted by Crippen LogP contribution is 2.10. The van der Waals surface area contributed by atoms with E-state index in [0.29, 0.717) is 19.6 Å².